The number of aromatic nitrogens is 1. The molecule has 0 radical (unpaired) electrons. The number of ether oxygens (including phenoxy) is 1. The van der Waals surface area contributed by atoms with Crippen molar-refractivity contribution in [3.63, 3.8) is 0 Å². The Balaban J connectivity index is 3.23. The van der Waals surface area contributed by atoms with Crippen LogP contribution in [0.5, 0.6) is 11.5 Å². The van der Waals surface area contributed by atoms with Crippen LogP contribution in [0.4, 0.5) is 8.78 Å². The van der Waals surface area contributed by atoms with Gasteiger partial charge < -0.3 is 14.9 Å². The molecular formula is C8H9F2NO3. The summed E-state index contributed by atoms with van der Waals surface area (Å²) in [5, 5.41) is 17.9. The number of methoxy groups -OCH3 is 1. The summed E-state index contributed by atoms with van der Waals surface area (Å²) in [7, 11) is 1.29. The highest BCUT2D eigenvalue weighted by Crippen LogP contribution is 2.31. The highest BCUT2D eigenvalue weighted by Gasteiger charge is 2.18. The number of hydrogen-bond donors (Lipinski definition) is 2. The normalized spacial score (nSPS) is 10.6. The zero-order chi connectivity index (χ0) is 10.7. The molecule has 1 heterocycles. The van der Waals surface area contributed by atoms with E-state index in [0.717, 1.165) is 6.07 Å². The lowest BCUT2D eigenvalue weighted by molar-refractivity contribution is 0.140. The van der Waals surface area contributed by atoms with Crippen LogP contribution in [0.25, 0.3) is 0 Å². The van der Waals surface area contributed by atoms with Gasteiger partial charge in [-0.15, -0.1) is 0 Å². The van der Waals surface area contributed by atoms with Gasteiger partial charge in [0.1, 0.15) is 22.9 Å². The molecule has 0 aliphatic carbocycles. The molecule has 1 aromatic rings. The van der Waals surface area contributed by atoms with Crippen LogP contribution in [-0.4, -0.2) is 22.3 Å². The fourth-order valence-electron chi connectivity index (χ4n) is 0.990. The Hall–Kier alpha value is -1.43. The number of aliphatic hydroxyl groups is 1. The molecule has 2 N–H and O–H groups in total. The Kier molecular flexibility index (Phi) is 3.19. The second-order valence-corrected chi connectivity index (χ2v) is 2.50. The lowest BCUT2D eigenvalue weighted by Crippen LogP contribution is -2.00. The van der Waals surface area contributed by atoms with E-state index >= 15 is 0 Å². The smallest absolute Gasteiger partial charge is 0.284 e. The summed E-state index contributed by atoms with van der Waals surface area (Å²) in [4.78, 5) is 3.39. The minimum Gasteiger partial charge on any atom is -0.506 e. The molecule has 0 bridgehead atoms. The van der Waals surface area contributed by atoms with Gasteiger partial charge in [0.15, 0.2) is 0 Å². The fraction of sp³-hybridized carbons (Fsp3) is 0.375. The number of aliphatic hydroxyl groups excluding tert-OH is 1. The monoisotopic (exact) mass is 205 g/mol. The molecule has 14 heavy (non-hydrogen) atoms. The van der Waals surface area contributed by atoms with Gasteiger partial charge in [-0.25, -0.2) is 13.8 Å². The number of hydrogen-bond acceptors (Lipinski definition) is 4. The van der Waals surface area contributed by atoms with E-state index in [1.165, 1.54) is 7.11 Å². The summed E-state index contributed by atoms with van der Waals surface area (Å²) < 4.78 is 29.2. The van der Waals surface area contributed by atoms with Crippen molar-refractivity contribution < 1.29 is 23.7 Å². The molecule has 78 valence electrons. The number of pyridine rings is 1. The van der Waals surface area contributed by atoms with Crippen molar-refractivity contribution in [2.75, 3.05) is 7.11 Å². The quantitative estimate of drug-likeness (QED) is 0.778. The molecule has 0 aliphatic rings. The van der Waals surface area contributed by atoms with Crippen molar-refractivity contribution in [1.29, 1.82) is 0 Å². The second kappa shape index (κ2) is 4.19. The molecule has 0 saturated heterocycles. The molecular weight excluding hydrogens is 196 g/mol. The minimum absolute atomic E-state index is 0.0272. The number of rotatable bonds is 3. The molecule has 0 aromatic carbocycles. The van der Waals surface area contributed by atoms with Gasteiger partial charge in [0, 0.05) is 6.07 Å². The van der Waals surface area contributed by atoms with Crippen LogP contribution >= 0.6 is 0 Å². The van der Waals surface area contributed by atoms with Gasteiger partial charge in [-0.05, 0) is 0 Å². The maximum absolute atomic E-state index is 12.2. The van der Waals surface area contributed by atoms with Gasteiger partial charge in [-0.2, -0.15) is 0 Å². The predicted molar refractivity (Wildman–Crippen MR) is 43.3 cm³/mol. The maximum Gasteiger partial charge on any atom is 0.284 e. The van der Waals surface area contributed by atoms with Gasteiger partial charge in [0.05, 0.1) is 13.7 Å². The largest absolute Gasteiger partial charge is 0.506 e. The second-order valence-electron chi connectivity index (χ2n) is 2.50. The van der Waals surface area contributed by atoms with Gasteiger partial charge in [-0.1, -0.05) is 0 Å². The molecule has 0 aliphatic heterocycles. The first-order valence-electron chi connectivity index (χ1n) is 3.76. The summed E-state index contributed by atoms with van der Waals surface area (Å²) >= 11 is 0. The van der Waals surface area contributed by atoms with Gasteiger partial charge in [0.2, 0.25) is 0 Å². The summed E-state index contributed by atoms with van der Waals surface area (Å²) in [6.07, 6.45) is -2.88. The van der Waals surface area contributed by atoms with Crippen LogP contribution in [0.2, 0.25) is 0 Å². The molecule has 0 spiro atoms. The zero-order valence-corrected chi connectivity index (χ0v) is 7.37. The number of aromatic hydroxyl groups is 1. The van der Waals surface area contributed by atoms with E-state index in [1.54, 1.807) is 0 Å². The highest BCUT2D eigenvalue weighted by molar-refractivity contribution is 5.39. The fourth-order valence-corrected chi connectivity index (χ4v) is 0.990. The molecule has 1 rings (SSSR count). The van der Waals surface area contributed by atoms with E-state index in [9.17, 15) is 8.78 Å². The molecule has 6 heteroatoms. The van der Waals surface area contributed by atoms with Crippen molar-refractivity contribution in [1.82, 2.24) is 4.98 Å². The minimum atomic E-state index is -2.88. The molecule has 0 unspecified atom stereocenters. The third-order valence-electron chi connectivity index (χ3n) is 1.65. The Bertz CT molecular complexity index is 331. The maximum atomic E-state index is 12.2. The first-order valence-corrected chi connectivity index (χ1v) is 3.76. The van der Waals surface area contributed by atoms with Crippen molar-refractivity contribution in [3.05, 3.63) is 17.5 Å². The summed E-state index contributed by atoms with van der Waals surface area (Å²) in [6, 6.07) is 1.00. The SMILES string of the molecule is COc1cc(O)c(C(F)F)nc1CO. The van der Waals surface area contributed by atoms with E-state index in [0.29, 0.717) is 0 Å². The molecule has 0 amide bonds. The van der Waals surface area contributed by atoms with Crippen molar-refractivity contribution >= 4 is 0 Å². The van der Waals surface area contributed by atoms with Crippen LogP contribution in [0.15, 0.2) is 6.07 Å². The van der Waals surface area contributed by atoms with E-state index < -0.39 is 24.5 Å². The van der Waals surface area contributed by atoms with Gasteiger partial charge in [0.25, 0.3) is 6.43 Å². The number of halogens is 2. The molecule has 0 saturated carbocycles. The van der Waals surface area contributed by atoms with Gasteiger partial charge >= 0.3 is 0 Å². The average Bonchev–Trinajstić information content (AvgIpc) is 2.16. The third kappa shape index (κ3) is 1.90. The molecule has 4 nitrogen and oxygen atoms in total. The average molecular weight is 205 g/mol. The topological polar surface area (TPSA) is 62.6 Å². The van der Waals surface area contributed by atoms with Gasteiger partial charge in [-0.3, -0.25) is 0 Å². The molecule has 0 atom stereocenters. The van der Waals surface area contributed by atoms with Crippen molar-refractivity contribution in [2.24, 2.45) is 0 Å². The highest BCUT2D eigenvalue weighted by atomic mass is 19.3. The first kappa shape index (κ1) is 10.6. The summed E-state index contributed by atoms with van der Waals surface area (Å²) in [5.74, 6) is -0.566. The summed E-state index contributed by atoms with van der Waals surface area (Å²) in [6.45, 7) is -0.525. The number of alkyl halides is 2. The van der Waals surface area contributed by atoms with E-state index in [4.69, 9.17) is 14.9 Å². The van der Waals surface area contributed by atoms with E-state index in [2.05, 4.69) is 4.98 Å². The Labute approximate surface area is 78.8 Å². The van der Waals surface area contributed by atoms with Crippen LogP contribution in [0.1, 0.15) is 17.8 Å². The predicted octanol–water partition coefficient (Wildman–Crippen LogP) is 1.23. The van der Waals surface area contributed by atoms with E-state index in [1.807, 2.05) is 0 Å². The van der Waals surface area contributed by atoms with Crippen molar-refractivity contribution in [3.8, 4) is 11.5 Å². The standard InChI is InChI=1S/C8H9F2NO3/c1-14-6-2-5(13)7(8(9)10)11-4(6)3-12/h2,8,12-13H,3H2,1H3. The Morgan fingerprint density at radius 2 is 2.21 bits per heavy atom. The van der Waals surface area contributed by atoms with Crippen LogP contribution in [-0.2, 0) is 6.61 Å². The van der Waals surface area contributed by atoms with Crippen molar-refractivity contribution in [2.45, 2.75) is 13.0 Å². The lowest BCUT2D eigenvalue weighted by atomic mass is 10.2. The summed E-state index contributed by atoms with van der Waals surface area (Å²) in [5.41, 5.74) is -0.782. The Morgan fingerprint density at radius 3 is 2.64 bits per heavy atom. The first-order chi connectivity index (χ1) is 6.60. The molecule has 0 fully saturated rings. The third-order valence-corrected chi connectivity index (χ3v) is 1.65. The van der Waals surface area contributed by atoms with E-state index in [-0.39, 0.29) is 11.4 Å². The number of nitrogens with zero attached hydrogens (tertiary/aromatic N) is 1. The van der Waals surface area contributed by atoms with Crippen LogP contribution in [0.3, 0.4) is 0 Å². The zero-order valence-electron chi connectivity index (χ0n) is 7.37. The van der Waals surface area contributed by atoms with Crippen LogP contribution < -0.4 is 4.74 Å². The van der Waals surface area contributed by atoms with Crippen LogP contribution in [0, 0.1) is 0 Å². The lowest BCUT2D eigenvalue weighted by Gasteiger charge is -2.09. The Morgan fingerprint density at radius 1 is 1.57 bits per heavy atom. The molecule has 1 aromatic heterocycles.